The highest BCUT2D eigenvalue weighted by Gasteiger charge is 2.28. The molecule has 0 heterocycles. The van der Waals surface area contributed by atoms with Gasteiger partial charge in [-0.2, -0.15) is 0 Å². The molecule has 20 heavy (non-hydrogen) atoms. The Hall–Kier alpha value is -1.71. The van der Waals surface area contributed by atoms with Crippen LogP contribution in [0.25, 0.3) is 0 Å². The minimum absolute atomic E-state index is 0.0912. The number of nitro groups is 1. The summed E-state index contributed by atoms with van der Waals surface area (Å²) in [6.07, 6.45) is 5.12. The molecule has 2 unspecified atom stereocenters. The van der Waals surface area contributed by atoms with Crippen LogP contribution in [-0.2, 0) is 11.2 Å². The van der Waals surface area contributed by atoms with E-state index in [1.165, 1.54) is 6.07 Å². The number of Topliss-reactive ketones (excluding diaryl/α,β-unsaturated/α-hetero) is 1. The molecule has 0 radical (unpaired) electrons. The highest BCUT2D eigenvalue weighted by molar-refractivity contribution is 5.81. The number of aryl methyl sites for hydroxylation is 1. The first-order chi connectivity index (χ1) is 9.61. The molecule has 0 aromatic heterocycles. The van der Waals surface area contributed by atoms with E-state index in [1.807, 2.05) is 6.07 Å². The van der Waals surface area contributed by atoms with E-state index < -0.39 is 0 Å². The van der Waals surface area contributed by atoms with Gasteiger partial charge < -0.3 is 0 Å². The number of nitrogens with zero attached hydrogens (tertiary/aromatic N) is 1. The number of hydrogen-bond acceptors (Lipinski definition) is 3. The summed E-state index contributed by atoms with van der Waals surface area (Å²) >= 11 is 0. The number of rotatable bonds is 5. The Bertz CT molecular complexity index is 498. The third-order valence-corrected chi connectivity index (χ3v) is 4.40. The second kappa shape index (κ2) is 6.64. The number of para-hydroxylation sites is 1. The summed E-state index contributed by atoms with van der Waals surface area (Å²) in [5.41, 5.74) is 0.909. The Labute approximate surface area is 119 Å². The molecule has 108 valence electrons. The monoisotopic (exact) mass is 275 g/mol. The Morgan fingerprint density at radius 2 is 2.10 bits per heavy atom. The molecule has 2 atom stereocenters. The van der Waals surface area contributed by atoms with E-state index in [-0.39, 0.29) is 16.5 Å². The van der Waals surface area contributed by atoms with Crippen LogP contribution in [0.1, 0.15) is 44.6 Å². The van der Waals surface area contributed by atoms with Crippen LogP contribution < -0.4 is 0 Å². The summed E-state index contributed by atoms with van der Waals surface area (Å²) in [7, 11) is 0. The molecule has 1 aromatic rings. The van der Waals surface area contributed by atoms with Gasteiger partial charge in [-0.3, -0.25) is 14.9 Å². The van der Waals surface area contributed by atoms with E-state index in [1.54, 1.807) is 12.1 Å². The molecular weight excluding hydrogens is 254 g/mol. The highest BCUT2D eigenvalue weighted by Crippen LogP contribution is 2.32. The molecule has 0 spiro atoms. The Morgan fingerprint density at radius 1 is 1.35 bits per heavy atom. The zero-order chi connectivity index (χ0) is 14.5. The van der Waals surface area contributed by atoms with Crippen LogP contribution in [0.15, 0.2) is 24.3 Å². The van der Waals surface area contributed by atoms with Gasteiger partial charge in [0, 0.05) is 24.0 Å². The van der Waals surface area contributed by atoms with Crippen molar-refractivity contribution in [2.75, 3.05) is 0 Å². The lowest BCUT2D eigenvalue weighted by Crippen LogP contribution is -2.25. The fraction of sp³-hybridized carbons (Fsp3) is 0.562. The van der Waals surface area contributed by atoms with Gasteiger partial charge in [0.25, 0.3) is 5.69 Å². The molecule has 1 saturated carbocycles. The number of carbonyl (C=O) groups is 1. The van der Waals surface area contributed by atoms with Crippen molar-refractivity contribution < 1.29 is 9.72 Å². The smallest absolute Gasteiger partial charge is 0.272 e. The lowest BCUT2D eigenvalue weighted by Gasteiger charge is -2.27. The third kappa shape index (κ3) is 3.44. The zero-order valence-corrected chi connectivity index (χ0v) is 11.9. The van der Waals surface area contributed by atoms with Crippen molar-refractivity contribution >= 4 is 11.5 Å². The molecule has 4 heteroatoms. The second-order valence-corrected chi connectivity index (χ2v) is 5.64. The van der Waals surface area contributed by atoms with Gasteiger partial charge in [-0.05, 0) is 31.6 Å². The molecule has 1 aliphatic rings. The molecule has 2 rings (SSSR count). The predicted octanol–water partition coefficient (Wildman–Crippen LogP) is 3.92. The van der Waals surface area contributed by atoms with Crippen LogP contribution in [0.2, 0.25) is 0 Å². The first-order valence-corrected chi connectivity index (χ1v) is 7.36. The van der Waals surface area contributed by atoms with Crippen molar-refractivity contribution in [2.45, 2.75) is 45.4 Å². The summed E-state index contributed by atoms with van der Waals surface area (Å²) in [4.78, 5) is 22.6. The normalized spacial score (nSPS) is 22.8. The molecule has 0 amide bonds. The average molecular weight is 275 g/mol. The van der Waals surface area contributed by atoms with Crippen molar-refractivity contribution in [3.63, 3.8) is 0 Å². The highest BCUT2D eigenvalue weighted by atomic mass is 16.6. The van der Waals surface area contributed by atoms with Gasteiger partial charge in [0.1, 0.15) is 5.78 Å². The Morgan fingerprint density at radius 3 is 2.80 bits per heavy atom. The van der Waals surface area contributed by atoms with E-state index in [9.17, 15) is 14.9 Å². The molecule has 0 bridgehead atoms. The zero-order valence-electron chi connectivity index (χ0n) is 11.9. The van der Waals surface area contributed by atoms with Crippen molar-refractivity contribution in [1.82, 2.24) is 0 Å². The second-order valence-electron chi connectivity index (χ2n) is 5.64. The number of ketones is 1. The van der Waals surface area contributed by atoms with Gasteiger partial charge in [0.05, 0.1) is 4.92 Å². The predicted molar refractivity (Wildman–Crippen MR) is 77.5 cm³/mol. The van der Waals surface area contributed by atoms with E-state index in [0.29, 0.717) is 24.5 Å². The molecular formula is C16H21NO3. The van der Waals surface area contributed by atoms with E-state index in [4.69, 9.17) is 0 Å². The van der Waals surface area contributed by atoms with Crippen molar-refractivity contribution in [3.05, 3.63) is 39.9 Å². The largest absolute Gasteiger partial charge is 0.299 e. The molecule has 0 saturated heterocycles. The minimum Gasteiger partial charge on any atom is -0.299 e. The minimum atomic E-state index is -0.340. The van der Waals surface area contributed by atoms with Crippen LogP contribution in [0.3, 0.4) is 0 Å². The van der Waals surface area contributed by atoms with Gasteiger partial charge in [-0.15, -0.1) is 0 Å². The van der Waals surface area contributed by atoms with E-state index in [0.717, 1.165) is 31.2 Å². The fourth-order valence-electron chi connectivity index (χ4n) is 3.08. The van der Waals surface area contributed by atoms with Crippen LogP contribution in [-0.4, -0.2) is 10.7 Å². The van der Waals surface area contributed by atoms with Crippen molar-refractivity contribution in [2.24, 2.45) is 11.8 Å². The number of benzene rings is 1. The lowest BCUT2D eigenvalue weighted by molar-refractivity contribution is -0.385. The van der Waals surface area contributed by atoms with Crippen LogP contribution in [0.4, 0.5) is 5.69 Å². The van der Waals surface area contributed by atoms with E-state index in [2.05, 4.69) is 6.92 Å². The van der Waals surface area contributed by atoms with Gasteiger partial charge in [0.15, 0.2) is 0 Å². The van der Waals surface area contributed by atoms with Crippen LogP contribution in [0, 0.1) is 22.0 Å². The molecule has 0 N–H and O–H groups in total. The average Bonchev–Trinajstić information content (AvgIpc) is 2.46. The first kappa shape index (κ1) is 14.7. The summed E-state index contributed by atoms with van der Waals surface area (Å²) in [6.45, 7) is 2.17. The maximum Gasteiger partial charge on any atom is 0.272 e. The van der Waals surface area contributed by atoms with Crippen LogP contribution in [0.5, 0.6) is 0 Å². The lowest BCUT2D eigenvalue weighted by atomic mass is 9.77. The summed E-state index contributed by atoms with van der Waals surface area (Å²) in [5, 5.41) is 11.0. The van der Waals surface area contributed by atoms with Crippen LogP contribution >= 0.6 is 0 Å². The molecule has 0 aliphatic heterocycles. The topological polar surface area (TPSA) is 60.2 Å². The maximum absolute atomic E-state index is 12.0. The van der Waals surface area contributed by atoms with Gasteiger partial charge in [-0.1, -0.05) is 31.5 Å². The van der Waals surface area contributed by atoms with Gasteiger partial charge in [0.2, 0.25) is 0 Å². The number of carbonyl (C=O) groups excluding carboxylic acids is 1. The van der Waals surface area contributed by atoms with Gasteiger partial charge >= 0.3 is 0 Å². The molecule has 1 aromatic carbocycles. The third-order valence-electron chi connectivity index (χ3n) is 4.40. The first-order valence-electron chi connectivity index (χ1n) is 7.36. The fourth-order valence-corrected chi connectivity index (χ4v) is 3.08. The maximum atomic E-state index is 12.0. The van der Waals surface area contributed by atoms with E-state index >= 15 is 0 Å². The number of hydrogen-bond donors (Lipinski definition) is 0. The number of nitro benzene ring substituents is 1. The van der Waals surface area contributed by atoms with Gasteiger partial charge in [-0.25, -0.2) is 0 Å². The summed E-state index contributed by atoms with van der Waals surface area (Å²) in [5.74, 6) is 1.07. The van der Waals surface area contributed by atoms with Crippen molar-refractivity contribution in [3.8, 4) is 0 Å². The molecule has 1 fully saturated rings. The Balaban J connectivity index is 2.01. The van der Waals surface area contributed by atoms with Crippen molar-refractivity contribution in [1.29, 1.82) is 0 Å². The SMILES string of the molecule is CCC1CCC(=O)C(CCc2ccccc2[N+](=O)[O-])C1. The summed E-state index contributed by atoms with van der Waals surface area (Å²) < 4.78 is 0. The standard InChI is InChI=1S/C16H21NO3/c1-2-12-7-10-16(18)14(11-12)9-8-13-5-3-4-6-15(13)17(19)20/h3-6,12,14H,2,7-11H2,1H3. The molecule has 1 aliphatic carbocycles. The summed E-state index contributed by atoms with van der Waals surface area (Å²) in [6, 6.07) is 6.83. The quantitative estimate of drug-likeness (QED) is 0.604. The molecule has 4 nitrogen and oxygen atoms in total. The Kier molecular flexibility index (Phi) is 4.88.